The van der Waals surface area contributed by atoms with Crippen molar-refractivity contribution < 1.29 is 13.2 Å². The molecule has 0 saturated heterocycles. The Balaban J connectivity index is 1.39. The van der Waals surface area contributed by atoms with Crippen LogP contribution in [0.15, 0.2) is 164 Å². The first-order chi connectivity index (χ1) is 29.1. The number of rotatable bonds is 5. The van der Waals surface area contributed by atoms with E-state index in [0.29, 0.717) is 28.1 Å². The zero-order valence-corrected chi connectivity index (χ0v) is 32.5. The zero-order valence-electron chi connectivity index (χ0n) is 32.5. The number of halogens is 3. The molecule has 4 nitrogen and oxygen atoms in total. The predicted octanol–water partition coefficient (Wildman–Crippen LogP) is 14.3. The van der Waals surface area contributed by atoms with E-state index in [0.717, 1.165) is 89.1 Å². The van der Waals surface area contributed by atoms with Gasteiger partial charge in [-0.1, -0.05) is 126 Å². The van der Waals surface area contributed by atoms with E-state index in [1.54, 1.807) is 12.1 Å². The van der Waals surface area contributed by atoms with Crippen molar-refractivity contribution in [3.8, 4) is 56.9 Å². The van der Waals surface area contributed by atoms with Gasteiger partial charge in [0.25, 0.3) is 0 Å². The minimum absolute atomic E-state index is 0.139. The van der Waals surface area contributed by atoms with Crippen LogP contribution < -0.4 is 0 Å². The van der Waals surface area contributed by atoms with Crippen molar-refractivity contribution in [3.63, 3.8) is 0 Å². The summed E-state index contributed by atoms with van der Waals surface area (Å²) in [6.45, 7) is 4.10. The van der Waals surface area contributed by atoms with Crippen molar-refractivity contribution in [1.29, 1.82) is 10.5 Å². The zero-order chi connectivity index (χ0) is 41.3. The predicted molar refractivity (Wildman–Crippen MR) is 235 cm³/mol. The van der Waals surface area contributed by atoms with Crippen LogP contribution in [0.5, 0.6) is 0 Å². The molecule has 0 aliphatic rings. The molecule has 0 fully saturated rings. The number of benzene rings is 8. The topological polar surface area (TPSA) is 57.4 Å². The maximum absolute atomic E-state index is 14.3. The fourth-order valence-electron chi connectivity index (χ4n) is 8.80. The molecule has 0 amide bonds. The van der Waals surface area contributed by atoms with Gasteiger partial charge in [-0.15, -0.1) is 0 Å². The van der Waals surface area contributed by atoms with Crippen LogP contribution in [-0.2, 0) is 6.18 Å². The highest BCUT2D eigenvalue weighted by Gasteiger charge is 2.32. The first kappa shape index (κ1) is 36.5. The summed E-state index contributed by atoms with van der Waals surface area (Å²) in [6.07, 6.45) is -4.67. The Morgan fingerprint density at radius 3 is 1.40 bits per heavy atom. The van der Waals surface area contributed by atoms with Gasteiger partial charge >= 0.3 is 6.18 Å². The summed E-state index contributed by atoms with van der Waals surface area (Å²) in [5, 5.41) is 25.4. The summed E-state index contributed by atoms with van der Waals surface area (Å²) in [6, 6.07) is 56.6. The Hall–Kier alpha value is -7.87. The summed E-state index contributed by atoms with van der Waals surface area (Å²) in [5.74, 6) is 0. The molecular formula is C53H33F3N4. The number of hydrogen-bond acceptors (Lipinski definition) is 2. The van der Waals surface area contributed by atoms with Gasteiger partial charge in [0.05, 0.1) is 62.3 Å². The molecule has 0 bridgehead atoms. The summed E-state index contributed by atoms with van der Waals surface area (Å²) >= 11 is 0. The quantitative estimate of drug-likeness (QED) is 0.175. The lowest BCUT2D eigenvalue weighted by atomic mass is 9.93. The van der Waals surface area contributed by atoms with Gasteiger partial charge in [0, 0.05) is 32.7 Å². The molecule has 0 unspecified atom stereocenters. The van der Waals surface area contributed by atoms with Crippen LogP contribution in [0.1, 0.15) is 27.8 Å². The second kappa shape index (κ2) is 13.9. The Morgan fingerprint density at radius 1 is 0.450 bits per heavy atom. The van der Waals surface area contributed by atoms with Gasteiger partial charge < -0.3 is 9.13 Å². The minimum atomic E-state index is -4.67. The van der Waals surface area contributed by atoms with E-state index >= 15 is 0 Å². The van der Waals surface area contributed by atoms with Crippen LogP contribution in [0.2, 0.25) is 0 Å². The third-order valence-electron chi connectivity index (χ3n) is 11.5. The monoisotopic (exact) mass is 782 g/mol. The van der Waals surface area contributed by atoms with E-state index < -0.39 is 11.7 Å². The highest BCUT2D eigenvalue weighted by molar-refractivity contribution is 6.13. The number of aryl methyl sites for hydroxylation is 2. The van der Waals surface area contributed by atoms with Crippen LogP contribution in [-0.4, -0.2) is 9.13 Å². The molecule has 2 heterocycles. The first-order valence-corrected chi connectivity index (χ1v) is 19.5. The molecule has 0 radical (unpaired) electrons. The van der Waals surface area contributed by atoms with E-state index in [1.807, 2.05) is 60.7 Å². The van der Waals surface area contributed by atoms with Crippen LogP contribution >= 0.6 is 0 Å². The molecule has 8 aromatic carbocycles. The molecule has 0 aliphatic carbocycles. The molecule has 0 atom stereocenters. The van der Waals surface area contributed by atoms with Gasteiger partial charge in [-0.2, -0.15) is 23.7 Å². The van der Waals surface area contributed by atoms with Crippen LogP contribution in [0.4, 0.5) is 13.2 Å². The molecule has 10 aromatic rings. The Kier molecular flexibility index (Phi) is 8.45. The standard InChI is InChI=1S/C53H33F3N4/c1-32-9-7-11-35(23-32)37-17-20-44-42-13-3-5-15-46(42)59(48(44)28-37)50-25-34(30-57)26-51(52(50)41-22-19-40(53(54,55)56)27-39(41)31-58)60-47-16-6-4-14-43(47)45-21-18-38(29-49(45)60)36-12-8-10-33(2)24-36/h3-29H,1-2H3. The number of nitriles is 2. The number of nitrogens with zero attached hydrogens (tertiary/aromatic N) is 4. The van der Waals surface area contributed by atoms with Crippen molar-refractivity contribution >= 4 is 43.6 Å². The molecule has 0 saturated carbocycles. The summed E-state index contributed by atoms with van der Waals surface area (Å²) in [7, 11) is 0. The van der Waals surface area contributed by atoms with E-state index in [4.69, 9.17) is 0 Å². The van der Waals surface area contributed by atoms with E-state index in [9.17, 15) is 23.7 Å². The van der Waals surface area contributed by atoms with E-state index in [2.05, 4.69) is 108 Å². The second-order valence-corrected chi connectivity index (χ2v) is 15.3. The van der Waals surface area contributed by atoms with E-state index in [-0.39, 0.29) is 5.56 Å². The second-order valence-electron chi connectivity index (χ2n) is 15.3. The Bertz CT molecular complexity index is 3300. The van der Waals surface area contributed by atoms with Gasteiger partial charge in [-0.3, -0.25) is 0 Å². The van der Waals surface area contributed by atoms with Crippen molar-refractivity contribution in [3.05, 3.63) is 192 Å². The smallest absolute Gasteiger partial charge is 0.308 e. The third-order valence-corrected chi connectivity index (χ3v) is 11.5. The van der Waals surface area contributed by atoms with Gasteiger partial charge in [-0.05, 0) is 84.6 Å². The van der Waals surface area contributed by atoms with Crippen molar-refractivity contribution in [1.82, 2.24) is 9.13 Å². The number of aromatic nitrogens is 2. The maximum Gasteiger partial charge on any atom is 0.416 e. The van der Waals surface area contributed by atoms with E-state index in [1.165, 1.54) is 6.07 Å². The Labute approximate surface area is 343 Å². The lowest BCUT2D eigenvalue weighted by Crippen LogP contribution is -2.08. The molecule has 286 valence electrons. The van der Waals surface area contributed by atoms with Crippen molar-refractivity contribution in [2.24, 2.45) is 0 Å². The number of alkyl halides is 3. The van der Waals surface area contributed by atoms with Crippen LogP contribution in [0.3, 0.4) is 0 Å². The molecule has 60 heavy (non-hydrogen) atoms. The third kappa shape index (κ3) is 5.91. The van der Waals surface area contributed by atoms with Crippen molar-refractivity contribution in [2.45, 2.75) is 20.0 Å². The fraction of sp³-hybridized carbons (Fsp3) is 0.0566. The molecule has 0 aliphatic heterocycles. The molecular weight excluding hydrogens is 750 g/mol. The van der Waals surface area contributed by atoms with Gasteiger partial charge in [0.2, 0.25) is 0 Å². The number of hydrogen-bond donors (Lipinski definition) is 0. The molecule has 0 N–H and O–H groups in total. The number of para-hydroxylation sites is 2. The maximum atomic E-state index is 14.3. The summed E-state index contributed by atoms with van der Waals surface area (Å²) in [5.41, 5.74) is 10.8. The number of fused-ring (bicyclic) bond motifs is 6. The van der Waals surface area contributed by atoms with Crippen LogP contribution in [0, 0.1) is 36.5 Å². The average molecular weight is 783 g/mol. The summed E-state index contributed by atoms with van der Waals surface area (Å²) in [4.78, 5) is 0. The average Bonchev–Trinajstić information content (AvgIpc) is 3.77. The van der Waals surface area contributed by atoms with Gasteiger partial charge in [0.15, 0.2) is 0 Å². The molecule has 7 heteroatoms. The van der Waals surface area contributed by atoms with Gasteiger partial charge in [-0.25, -0.2) is 0 Å². The van der Waals surface area contributed by atoms with Gasteiger partial charge in [0.1, 0.15) is 0 Å². The lowest BCUT2D eigenvalue weighted by molar-refractivity contribution is -0.137. The lowest BCUT2D eigenvalue weighted by Gasteiger charge is -2.22. The first-order valence-electron chi connectivity index (χ1n) is 19.5. The Morgan fingerprint density at radius 2 is 0.933 bits per heavy atom. The largest absolute Gasteiger partial charge is 0.416 e. The molecule has 0 spiro atoms. The van der Waals surface area contributed by atoms with Crippen LogP contribution in [0.25, 0.3) is 88.4 Å². The normalized spacial score (nSPS) is 11.7. The molecule has 10 rings (SSSR count). The van der Waals surface area contributed by atoms with Crippen molar-refractivity contribution in [2.75, 3.05) is 0 Å². The highest BCUT2D eigenvalue weighted by atomic mass is 19.4. The fourth-order valence-corrected chi connectivity index (χ4v) is 8.80. The molecule has 2 aromatic heterocycles. The SMILES string of the molecule is Cc1cccc(-c2ccc3c4ccccc4n(-c4cc(C#N)cc(-n5c6ccccc6c6ccc(-c7cccc(C)c7)cc65)c4-c4ccc(C(F)(F)F)cc4C#N)c3c2)c1. The summed E-state index contributed by atoms with van der Waals surface area (Å²) < 4.78 is 47.1. The highest BCUT2D eigenvalue weighted by Crippen LogP contribution is 2.45. The minimum Gasteiger partial charge on any atom is -0.308 e.